The van der Waals surface area contributed by atoms with Gasteiger partial charge in [0.2, 0.25) is 0 Å². The number of pyridine rings is 1. The number of aromatic nitrogens is 1. The normalized spacial score (nSPS) is 16.3. The molecule has 1 aliphatic rings. The van der Waals surface area contributed by atoms with Gasteiger partial charge in [0.25, 0.3) is 0 Å². The average Bonchev–Trinajstić information content (AvgIpc) is 3.77. The molecule has 0 amide bonds. The lowest BCUT2D eigenvalue weighted by Gasteiger charge is -2.34. The van der Waals surface area contributed by atoms with Crippen LogP contribution >= 0.6 is 0 Å². The smallest absolute Gasteiger partial charge is 0.136 e. The topological polar surface area (TPSA) is 75.6 Å². The van der Waals surface area contributed by atoms with Gasteiger partial charge in [-0.1, -0.05) is 109 Å². The first-order chi connectivity index (χ1) is 25.8. The van der Waals surface area contributed by atoms with Gasteiger partial charge in [-0.2, -0.15) is 0 Å². The molecule has 246 valence electrons. The van der Waals surface area contributed by atoms with Crippen molar-refractivity contribution in [1.82, 2.24) is 15.6 Å². The van der Waals surface area contributed by atoms with E-state index in [2.05, 4.69) is 137 Å². The van der Waals surface area contributed by atoms with E-state index in [0.29, 0.717) is 0 Å². The van der Waals surface area contributed by atoms with Crippen LogP contribution in [-0.4, -0.2) is 10.8 Å². The molecule has 2 N–H and O–H groups in total. The van der Waals surface area contributed by atoms with Crippen molar-refractivity contribution in [2.75, 3.05) is 0 Å². The summed E-state index contributed by atoms with van der Waals surface area (Å²) >= 11 is 0. The molecule has 1 aliphatic heterocycles. The molecule has 3 aromatic heterocycles. The Morgan fingerprint density at radius 3 is 2.21 bits per heavy atom. The van der Waals surface area contributed by atoms with Gasteiger partial charge in [-0.15, -0.1) is 0 Å². The highest BCUT2D eigenvalue weighted by Gasteiger charge is 2.31. The Kier molecular flexibility index (Phi) is 6.35. The molecule has 2 atom stereocenters. The van der Waals surface area contributed by atoms with Crippen LogP contribution in [0.4, 0.5) is 0 Å². The van der Waals surface area contributed by atoms with Crippen molar-refractivity contribution in [3.8, 4) is 11.1 Å². The Hall–Kier alpha value is -6.76. The number of aliphatic imine (C=N–C) groups is 1. The second-order valence-electron chi connectivity index (χ2n) is 13.4. The molecule has 0 fully saturated rings. The minimum Gasteiger partial charge on any atom is -0.456 e. The first-order valence-electron chi connectivity index (χ1n) is 17.5. The van der Waals surface area contributed by atoms with Crippen LogP contribution in [0.5, 0.6) is 0 Å². The number of nitrogens with one attached hydrogen (secondary N) is 2. The molecule has 0 aliphatic carbocycles. The fourth-order valence-corrected chi connectivity index (χ4v) is 8.11. The summed E-state index contributed by atoms with van der Waals surface area (Å²) in [5, 5.41) is 16.6. The van der Waals surface area contributed by atoms with Gasteiger partial charge in [0.05, 0.1) is 0 Å². The van der Waals surface area contributed by atoms with Gasteiger partial charge >= 0.3 is 0 Å². The Morgan fingerprint density at radius 2 is 1.29 bits per heavy atom. The lowest BCUT2D eigenvalue weighted by atomic mass is 9.89. The zero-order chi connectivity index (χ0) is 34.2. The van der Waals surface area contributed by atoms with Crippen molar-refractivity contribution < 1.29 is 8.83 Å². The van der Waals surface area contributed by atoms with Crippen molar-refractivity contribution in [2.45, 2.75) is 12.3 Å². The monoisotopic (exact) mass is 670 g/mol. The third-order valence-corrected chi connectivity index (χ3v) is 10.4. The van der Waals surface area contributed by atoms with Gasteiger partial charge in [-0.3, -0.25) is 10.3 Å². The minimum atomic E-state index is -0.372. The maximum atomic E-state index is 6.53. The van der Waals surface area contributed by atoms with Crippen LogP contribution < -0.4 is 10.6 Å². The molecular weight excluding hydrogens is 641 g/mol. The van der Waals surface area contributed by atoms with Gasteiger partial charge in [-0.25, -0.2) is 4.99 Å². The predicted molar refractivity (Wildman–Crippen MR) is 210 cm³/mol. The summed E-state index contributed by atoms with van der Waals surface area (Å²) in [7, 11) is 0. The quantitative estimate of drug-likeness (QED) is 0.195. The third-order valence-electron chi connectivity index (χ3n) is 10.4. The van der Waals surface area contributed by atoms with E-state index in [1.54, 1.807) is 0 Å². The maximum Gasteiger partial charge on any atom is 0.136 e. The maximum absolute atomic E-state index is 6.53. The lowest BCUT2D eigenvalue weighted by molar-refractivity contribution is 0.413. The van der Waals surface area contributed by atoms with Crippen LogP contribution in [-0.2, 0) is 0 Å². The summed E-state index contributed by atoms with van der Waals surface area (Å²) in [5.74, 6) is 0.824. The Balaban J connectivity index is 1.16. The molecule has 2 unspecified atom stereocenters. The van der Waals surface area contributed by atoms with Gasteiger partial charge in [0, 0.05) is 56.0 Å². The van der Waals surface area contributed by atoms with Crippen molar-refractivity contribution >= 4 is 71.3 Å². The number of hydrogen-bond acceptors (Lipinski definition) is 6. The van der Waals surface area contributed by atoms with Crippen LogP contribution in [0.3, 0.4) is 0 Å². The largest absolute Gasteiger partial charge is 0.456 e. The fraction of sp³-hybridized carbons (Fsp3) is 0.0435. The van der Waals surface area contributed by atoms with Crippen LogP contribution in [0.2, 0.25) is 0 Å². The standard InChI is InChI=1S/C46H30N4O2/c1-2-11-28(12-3-1)44-48-45(35-16-9-19-39-42(35)34-14-6-7-17-37(34)51-39)50-46(49-44)43-31-13-5-4-10-27(31)20-21-33(43)32-15-8-18-38-41(32)36-24-29-22-23-47-26-30(29)25-40(36)52-38/h1-26,45-46,50H,(H,48,49). The number of hydrogen-bond donors (Lipinski definition) is 2. The number of fused-ring (bicyclic) bond motifs is 8. The molecule has 0 radical (unpaired) electrons. The first kappa shape index (κ1) is 29.0. The van der Waals surface area contributed by atoms with E-state index in [-0.39, 0.29) is 12.3 Å². The molecule has 11 rings (SSSR count). The summed E-state index contributed by atoms with van der Waals surface area (Å²) in [4.78, 5) is 9.71. The van der Waals surface area contributed by atoms with Crippen molar-refractivity contribution in [3.63, 3.8) is 0 Å². The van der Waals surface area contributed by atoms with Crippen LogP contribution in [0.15, 0.2) is 172 Å². The van der Waals surface area contributed by atoms with E-state index in [9.17, 15) is 0 Å². The number of amidine groups is 1. The van der Waals surface area contributed by atoms with Gasteiger partial charge in [0.15, 0.2) is 0 Å². The van der Waals surface area contributed by atoms with E-state index >= 15 is 0 Å². The summed E-state index contributed by atoms with van der Waals surface area (Å²) in [6.45, 7) is 0. The van der Waals surface area contributed by atoms with E-state index < -0.39 is 0 Å². The SMILES string of the molecule is c1ccc(C2=NC(c3cccc4oc5ccccc5c34)NC(c3c(-c4cccc5oc6cc7cnccc7cc6c45)ccc4ccccc34)N2)cc1. The molecule has 52 heavy (non-hydrogen) atoms. The molecule has 4 heterocycles. The van der Waals surface area contributed by atoms with Crippen LogP contribution in [0.25, 0.3) is 76.5 Å². The Morgan fingerprint density at radius 1 is 0.519 bits per heavy atom. The summed E-state index contributed by atoms with van der Waals surface area (Å²) in [6, 6.07) is 50.7. The van der Waals surface area contributed by atoms with Crippen LogP contribution in [0.1, 0.15) is 29.0 Å². The van der Waals surface area contributed by atoms with Crippen molar-refractivity contribution in [2.24, 2.45) is 4.99 Å². The van der Waals surface area contributed by atoms with Crippen molar-refractivity contribution in [1.29, 1.82) is 0 Å². The van der Waals surface area contributed by atoms with E-state index in [4.69, 9.17) is 13.8 Å². The second kappa shape index (κ2) is 11.4. The highest BCUT2D eigenvalue weighted by Crippen LogP contribution is 2.44. The number of furan rings is 2. The lowest BCUT2D eigenvalue weighted by Crippen LogP contribution is -2.45. The molecule has 0 saturated heterocycles. The molecule has 10 aromatic rings. The first-order valence-corrected chi connectivity index (χ1v) is 17.5. The Bertz CT molecular complexity index is 3050. The average molecular weight is 671 g/mol. The minimum absolute atomic E-state index is 0.312. The predicted octanol–water partition coefficient (Wildman–Crippen LogP) is 11.2. The number of nitrogens with zero attached hydrogens (tertiary/aromatic N) is 2. The summed E-state index contributed by atoms with van der Waals surface area (Å²) in [5.41, 5.74) is 8.86. The Labute approximate surface area is 298 Å². The van der Waals surface area contributed by atoms with Gasteiger partial charge in [0.1, 0.15) is 40.5 Å². The molecule has 7 aromatic carbocycles. The summed E-state index contributed by atoms with van der Waals surface area (Å²) < 4.78 is 12.9. The molecule has 0 bridgehead atoms. The van der Waals surface area contributed by atoms with Gasteiger partial charge < -0.3 is 14.2 Å². The van der Waals surface area contributed by atoms with Crippen molar-refractivity contribution in [3.05, 3.63) is 175 Å². The molecule has 6 nitrogen and oxygen atoms in total. The van der Waals surface area contributed by atoms with E-state index in [0.717, 1.165) is 99.1 Å². The third kappa shape index (κ3) is 4.48. The molecule has 0 saturated carbocycles. The van der Waals surface area contributed by atoms with Crippen LogP contribution in [0, 0.1) is 0 Å². The van der Waals surface area contributed by atoms with Gasteiger partial charge in [-0.05, 0) is 63.7 Å². The van der Waals surface area contributed by atoms with E-state index in [1.807, 2.05) is 36.7 Å². The summed E-state index contributed by atoms with van der Waals surface area (Å²) in [6.07, 6.45) is 3.05. The number of para-hydroxylation sites is 1. The molecular formula is C46H30N4O2. The molecule has 6 heteroatoms. The zero-order valence-electron chi connectivity index (χ0n) is 27.9. The molecule has 0 spiro atoms. The highest BCUT2D eigenvalue weighted by molar-refractivity contribution is 6.16. The zero-order valence-corrected chi connectivity index (χ0v) is 27.9. The number of rotatable bonds is 4. The second-order valence-corrected chi connectivity index (χ2v) is 13.4. The van der Waals surface area contributed by atoms with E-state index in [1.165, 1.54) is 0 Å². The highest BCUT2D eigenvalue weighted by atomic mass is 16.3. The fourth-order valence-electron chi connectivity index (χ4n) is 8.11. The number of benzene rings is 7.